The second kappa shape index (κ2) is 6.76. The van der Waals surface area contributed by atoms with Gasteiger partial charge in [0.05, 0.1) is 0 Å². The molecule has 5 nitrogen and oxygen atoms in total. The normalized spacial score (nSPS) is 10.1. The van der Waals surface area contributed by atoms with Crippen LogP contribution >= 0.6 is 0 Å². The van der Waals surface area contributed by atoms with Gasteiger partial charge < -0.3 is 15.4 Å². The largest absolute Gasteiger partial charge is 0.489 e. The number of hydrogen-bond donors (Lipinski definition) is 1. The number of carbonyl (C=O) groups excluding carboxylic acids is 2. The van der Waals surface area contributed by atoms with Crippen LogP contribution in [0.5, 0.6) is 5.75 Å². The van der Waals surface area contributed by atoms with Crippen molar-refractivity contribution in [3.63, 3.8) is 0 Å². The second-order valence-corrected chi connectivity index (χ2v) is 5.07. The summed E-state index contributed by atoms with van der Waals surface area (Å²) in [4.78, 5) is 24.3. The maximum atomic E-state index is 11.8. The zero-order valence-corrected chi connectivity index (χ0v) is 12.6. The topological polar surface area (TPSA) is 72.6 Å². The van der Waals surface area contributed by atoms with Crippen LogP contribution in [-0.2, 0) is 6.61 Å². The Morgan fingerprint density at radius 3 is 2.00 bits per heavy atom. The summed E-state index contributed by atoms with van der Waals surface area (Å²) in [5.74, 6) is 0.177. The molecule has 0 fully saturated rings. The Morgan fingerprint density at radius 1 is 0.955 bits per heavy atom. The maximum Gasteiger partial charge on any atom is 0.253 e. The van der Waals surface area contributed by atoms with Gasteiger partial charge in [-0.2, -0.15) is 0 Å². The van der Waals surface area contributed by atoms with Crippen molar-refractivity contribution in [3.8, 4) is 5.75 Å². The zero-order valence-electron chi connectivity index (χ0n) is 12.6. The van der Waals surface area contributed by atoms with E-state index in [1.807, 2.05) is 0 Å². The molecule has 5 heteroatoms. The Morgan fingerprint density at radius 2 is 1.50 bits per heavy atom. The van der Waals surface area contributed by atoms with E-state index in [1.165, 1.54) is 4.90 Å². The summed E-state index contributed by atoms with van der Waals surface area (Å²) >= 11 is 0. The molecule has 0 saturated heterocycles. The van der Waals surface area contributed by atoms with Gasteiger partial charge in [0, 0.05) is 25.2 Å². The molecule has 0 atom stereocenters. The van der Waals surface area contributed by atoms with E-state index in [0.29, 0.717) is 23.5 Å². The minimum atomic E-state index is -0.450. The van der Waals surface area contributed by atoms with Crippen molar-refractivity contribution >= 4 is 11.8 Å². The molecule has 2 amide bonds. The molecule has 0 aliphatic heterocycles. The number of ether oxygens (including phenoxy) is 1. The van der Waals surface area contributed by atoms with E-state index in [0.717, 1.165) is 5.56 Å². The molecule has 0 heterocycles. The van der Waals surface area contributed by atoms with Gasteiger partial charge >= 0.3 is 0 Å². The van der Waals surface area contributed by atoms with E-state index < -0.39 is 5.91 Å². The zero-order chi connectivity index (χ0) is 16.1. The fourth-order valence-corrected chi connectivity index (χ4v) is 1.88. The minimum absolute atomic E-state index is 0.0476. The Balaban J connectivity index is 1.97. The summed E-state index contributed by atoms with van der Waals surface area (Å²) in [5, 5.41) is 0. The molecule has 2 aromatic rings. The molecular formula is C17H18N2O3. The summed E-state index contributed by atoms with van der Waals surface area (Å²) in [5.41, 5.74) is 7.20. The second-order valence-electron chi connectivity index (χ2n) is 5.07. The first-order valence-corrected chi connectivity index (χ1v) is 6.80. The molecule has 0 aliphatic carbocycles. The fraction of sp³-hybridized carbons (Fsp3) is 0.176. The van der Waals surface area contributed by atoms with Crippen LogP contribution in [0.2, 0.25) is 0 Å². The monoisotopic (exact) mass is 298 g/mol. The highest BCUT2D eigenvalue weighted by atomic mass is 16.5. The van der Waals surface area contributed by atoms with Crippen LogP contribution in [-0.4, -0.2) is 30.8 Å². The molecule has 0 saturated carbocycles. The van der Waals surface area contributed by atoms with Crippen LogP contribution in [0.1, 0.15) is 26.3 Å². The molecular weight excluding hydrogens is 280 g/mol. The number of primary amides is 1. The molecule has 2 rings (SSSR count). The van der Waals surface area contributed by atoms with E-state index in [4.69, 9.17) is 10.5 Å². The molecule has 2 aromatic carbocycles. The van der Waals surface area contributed by atoms with Gasteiger partial charge in [-0.05, 0) is 42.0 Å². The Kier molecular flexibility index (Phi) is 4.78. The minimum Gasteiger partial charge on any atom is -0.489 e. The number of nitrogens with zero attached hydrogens (tertiary/aromatic N) is 1. The molecule has 0 aromatic heterocycles. The third-order valence-corrected chi connectivity index (χ3v) is 3.15. The lowest BCUT2D eigenvalue weighted by Gasteiger charge is -2.11. The molecule has 2 N–H and O–H groups in total. The smallest absolute Gasteiger partial charge is 0.253 e. The van der Waals surface area contributed by atoms with Crippen LogP contribution in [0.15, 0.2) is 48.5 Å². The summed E-state index contributed by atoms with van der Waals surface area (Å²) < 4.78 is 5.65. The van der Waals surface area contributed by atoms with E-state index in [2.05, 4.69) is 0 Å². The summed E-state index contributed by atoms with van der Waals surface area (Å²) in [6.07, 6.45) is 0. The van der Waals surface area contributed by atoms with Gasteiger partial charge in [0.1, 0.15) is 12.4 Å². The quantitative estimate of drug-likeness (QED) is 0.918. The number of amides is 2. The SMILES string of the molecule is CN(C)C(=O)c1ccc(OCc2ccc(C(N)=O)cc2)cc1. The molecule has 22 heavy (non-hydrogen) atoms. The van der Waals surface area contributed by atoms with Gasteiger partial charge in [0.2, 0.25) is 5.91 Å². The van der Waals surface area contributed by atoms with E-state index in [-0.39, 0.29) is 5.91 Å². The van der Waals surface area contributed by atoms with Gasteiger partial charge in [-0.3, -0.25) is 9.59 Å². The van der Waals surface area contributed by atoms with Gasteiger partial charge in [-0.25, -0.2) is 0 Å². The van der Waals surface area contributed by atoms with Gasteiger partial charge in [0.25, 0.3) is 5.91 Å². The van der Waals surface area contributed by atoms with Gasteiger partial charge in [0.15, 0.2) is 0 Å². The van der Waals surface area contributed by atoms with Crippen LogP contribution in [0.4, 0.5) is 0 Å². The first kappa shape index (κ1) is 15.6. The van der Waals surface area contributed by atoms with Gasteiger partial charge in [-0.15, -0.1) is 0 Å². The van der Waals surface area contributed by atoms with Crippen molar-refractivity contribution in [2.75, 3.05) is 14.1 Å². The van der Waals surface area contributed by atoms with Crippen LogP contribution in [0.3, 0.4) is 0 Å². The predicted molar refractivity (Wildman–Crippen MR) is 83.8 cm³/mol. The van der Waals surface area contributed by atoms with Crippen molar-refractivity contribution in [2.45, 2.75) is 6.61 Å². The van der Waals surface area contributed by atoms with Crippen LogP contribution < -0.4 is 10.5 Å². The van der Waals surface area contributed by atoms with Crippen molar-refractivity contribution in [1.82, 2.24) is 4.90 Å². The highest BCUT2D eigenvalue weighted by molar-refractivity contribution is 5.94. The maximum absolute atomic E-state index is 11.8. The standard InChI is InChI=1S/C17H18N2O3/c1-19(2)17(21)14-7-9-15(10-8-14)22-11-12-3-5-13(6-4-12)16(18)20/h3-10H,11H2,1-2H3,(H2,18,20). The summed E-state index contributed by atoms with van der Waals surface area (Å²) in [6, 6.07) is 13.9. The fourth-order valence-electron chi connectivity index (χ4n) is 1.88. The van der Waals surface area contributed by atoms with Crippen molar-refractivity contribution in [1.29, 1.82) is 0 Å². The first-order valence-electron chi connectivity index (χ1n) is 6.80. The van der Waals surface area contributed by atoms with Crippen molar-refractivity contribution < 1.29 is 14.3 Å². The van der Waals surface area contributed by atoms with Crippen molar-refractivity contribution in [2.24, 2.45) is 5.73 Å². The van der Waals surface area contributed by atoms with Crippen LogP contribution in [0, 0.1) is 0 Å². The molecule has 0 radical (unpaired) electrons. The molecule has 0 unspecified atom stereocenters. The average molecular weight is 298 g/mol. The van der Waals surface area contributed by atoms with Crippen molar-refractivity contribution in [3.05, 3.63) is 65.2 Å². The predicted octanol–water partition coefficient (Wildman–Crippen LogP) is 2.07. The number of benzene rings is 2. The molecule has 0 aliphatic rings. The third-order valence-electron chi connectivity index (χ3n) is 3.15. The molecule has 0 bridgehead atoms. The van der Waals surface area contributed by atoms with Gasteiger partial charge in [-0.1, -0.05) is 12.1 Å². The van der Waals surface area contributed by atoms with E-state index >= 15 is 0 Å². The molecule has 0 spiro atoms. The Labute approximate surface area is 129 Å². The summed E-state index contributed by atoms with van der Waals surface area (Å²) in [7, 11) is 3.42. The third kappa shape index (κ3) is 3.85. The average Bonchev–Trinajstić information content (AvgIpc) is 2.53. The first-order chi connectivity index (χ1) is 10.5. The lowest BCUT2D eigenvalue weighted by Crippen LogP contribution is -2.21. The number of rotatable bonds is 5. The number of carbonyl (C=O) groups is 2. The molecule has 114 valence electrons. The number of hydrogen-bond acceptors (Lipinski definition) is 3. The number of nitrogens with two attached hydrogens (primary N) is 1. The van der Waals surface area contributed by atoms with E-state index in [1.54, 1.807) is 62.6 Å². The Hall–Kier alpha value is -2.82. The lowest BCUT2D eigenvalue weighted by molar-refractivity contribution is 0.0827. The Bertz CT molecular complexity index is 661. The highest BCUT2D eigenvalue weighted by Gasteiger charge is 2.07. The highest BCUT2D eigenvalue weighted by Crippen LogP contribution is 2.15. The lowest BCUT2D eigenvalue weighted by atomic mass is 10.1. The van der Waals surface area contributed by atoms with Crippen LogP contribution in [0.25, 0.3) is 0 Å². The van der Waals surface area contributed by atoms with E-state index in [9.17, 15) is 9.59 Å². The summed E-state index contributed by atoms with van der Waals surface area (Å²) in [6.45, 7) is 0.375.